The molecule has 2 aromatic rings. The minimum absolute atomic E-state index is 0.136. The summed E-state index contributed by atoms with van der Waals surface area (Å²) in [5.74, 6) is 2.07. The largest absolute Gasteiger partial charge is 0.480 e. The molecule has 0 saturated carbocycles. The van der Waals surface area contributed by atoms with Gasteiger partial charge in [0, 0.05) is 38.5 Å². The summed E-state index contributed by atoms with van der Waals surface area (Å²) in [6.45, 7) is 9.10. The molecule has 3 unspecified atom stereocenters. The van der Waals surface area contributed by atoms with Crippen molar-refractivity contribution in [1.29, 1.82) is 0 Å². The quantitative estimate of drug-likeness (QED) is 0.0327. The van der Waals surface area contributed by atoms with Crippen molar-refractivity contribution in [3.63, 3.8) is 0 Å². The Balaban J connectivity index is 1.64. The molecule has 2 heterocycles. The molecule has 0 spiro atoms. The number of carbonyl (C=O) groups excluding carboxylic acids is 2. The number of carbonyl (C=O) groups is 3. The fourth-order valence-corrected chi connectivity index (χ4v) is 8.03. The Labute approximate surface area is 366 Å². The van der Waals surface area contributed by atoms with E-state index in [4.69, 9.17) is 33.7 Å². The molecule has 2 rings (SSSR count). The zero-order chi connectivity index (χ0) is 44.9. The van der Waals surface area contributed by atoms with Crippen molar-refractivity contribution >= 4 is 25.7 Å². The van der Waals surface area contributed by atoms with Crippen LogP contribution in [0, 0.1) is 20.8 Å². The van der Waals surface area contributed by atoms with Gasteiger partial charge in [-0.1, -0.05) is 104 Å². The van der Waals surface area contributed by atoms with E-state index in [1.54, 1.807) is 0 Å². The van der Waals surface area contributed by atoms with Crippen LogP contribution in [0.3, 0.4) is 0 Å². The second kappa shape index (κ2) is 31.8. The van der Waals surface area contributed by atoms with Crippen molar-refractivity contribution in [2.24, 2.45) is 5.73 Å². The third kappa shape index (κ3) is 24.5. The molecule has 0 amide bonds. The molecular weight excluding hydrogens is 801 g/mol. The highest BCUT2D eigenvalue weighted by Crippen LogP contribution is 2.43. The second-order valence-corrected chi connectivity index (χ2v) is 18.1. The molecular formula is C47H80NO12P. The van der Waals surface area contributed by atoms with E-state index in [9.17, 15) is 23.8 Å². The Morgan fingerprint density at radius 1 is 0.623 bits per heavy atom. The number of furan rings is 2. The Hall–Kier alpha value is -2.96. The zero-order valence-corrected chi connectivity index (χ0v) is 39.1. The van der Waals surface area contributed by atoms with Gasteiger partial charge in [0.2, 0.25) is 0 Å². The van der Waals surface area contributed by atoms with Gasteiger partial charge < -0.3 is 34.0 Å². The highest BCUT2D eigenvalue weighted by Gasteiger charge is 2.28. The van der Waals surface area contributed by atoms with Gasteiger partial charge >= 0.3 is 25.7 Å². The molecule has 3 atom stereocenters. The predicted octanol–water partition coefficient (Wildman–Crippen LogP) is 11.3. The summed E-state index contributed by atoms with van der Waals surface area (Å²) in [4.78, 5) is 46.3. The number of unbranched alkanes of at least 4 members (excludes halogenated alkanes) is 16. The van der Waals surface area contributed by atoms with E-state index < -0.39 is 51.1 Å². The number of ether oxygens (including phenoxy) is 2. The highest BCUT2D eigenvalue weighted by molar-refractivity contribution is 7.47. The lowest BCUT2D eigenvalue weighted by molar-refractivity contribution is -0.161. The summed E-state index contributed by atoms with van der Waals surface area (Å²) in [6.07, 6.45) is 24.1. The van der Waals surface area contributed by atoms with Crippen LogP contribution < -0.4 is 5.73 Å². The number of phosphoric acid groups is 1. The Bertz CT molecular complexity index is 1570. The van der Waals surface area contributed by atoms with Gasteiger partial charge in [0.25, 0.3) is 0 Å². The van der Waals surface area contributed by atoms with Crippen LogP contribution in [0.5, 0.6) is 0 Å². The SMILES string of the molecule is CCCCCc1oc(CCCCCCCCCCC(=O)OC(COC(=O)CCCCCCCCCCc2oc(CCC)cc2C)COP(=O)(O)OCC(N)C(=O)O)c(C)c1C. The van der Waals surface area contributed by atoms with Gasteiger partial charge in [-0.05, 0) is 82.1 Å². The summed E-state index contributed by atoms with van der Waals surface area (Å²) in [5.41, 5.74) is 9.21. The van der Waals surface area contributed by atoms with Crippen molar-refractivity contribution in [1.82, 2.24) is 0 Å². The summed E-state index contributed by atoms with van der Waals surface area (Å²) >= 11 is 0. The molecule has 2 aromatic heterocycles. The number of esters is 2. The average Bonchev–Trinajstić information content (AvgIpc) is 3.71. The van der Waals surface area contributed by atoms with Crippen LogP contribution in [0.15, 0.2) is 14.9 Å². The van der Waals surface area contributed by atoms with Gasteiger partial charge in [0.05, 0.1) is 13.2 Å². The maximum absolute atomic E-state index is 12.7. The molecule has 0 fully saturated rings. The summed E-state index contributed by atoms with van der Waals surface area (Å²) in [5, 5.41) is 8.92. The zero-order valence-electron chi connectivity index (χ0n) is 38.2. The first-order valence-electron chi connectivity index (χ1n) is 23.4. The van der Waals surface area contributed by atoms with E-state index in [0.29, 0.717) is 12.8 Å². The molecule has 14 heteroatoms. The van der Waals surface area contributed by atoms with Gasteiger partial charge in [0.1, 0.15) is 35.7 Å². The Morgan fingerprint density at radius 2 is 1.10 bits per heavy atom. The molecule has 0 aromatic carbocycles. The Morgan fingerprint density at radius 3 is 1.62 bits per heavy atom. The lowest BCUT2D eigenvalue weighted by atomic mass is 10.0. The molecule has 0 aliphatic rings. The van der Waals surface area contributed by atoms with Crippen LogP contribution in [-0.2, 0) is 63.2 Å². The predicted molar refractivity (Wildman–Crippen MR) is 238 cm³/mol. The van der Waals surface area contributed by atoms with Gasteiger partial charge in [-0.15, -0.1) is 0 Å². The first-order chi connectivity index (χ1) is 29.3. The first-order valence-corrected chi connectivity index (χ1v) is 24.9. The monoisotopic (exact) mass is 882 g/mol. The lowest BCUT2D eigenvalue weighted by Gasteiger charge is -2.20. The minimum Gasteiger partial charge on any atom is -0.480 e. The number of hydrogen-bond acceptors (Lipinski definition) is 11. The standard InChI is InChI=1S/C47H80NO12P/c1-6-8-21-28-43-37(4)38(5)44(60-43)29-23-18-14-10-12-16-20-25-31-46(50)59-40(34-56-61(53,54)57-35-41(48)47(51)52)33-55-45(49)30-24-19-15-11-9-13-17-22-27-42-36(3)32-39(58-42)26-7-2/h32,40-41H,6-31,33-35,48H2,1-5H3,(H,51,52)(H,53,54). The van der Waals surface area contributed by atoms with Crippen LogP contribution in [0.2, 0.25) is 0 Å². The molecule has 350 valence electrons. The number of carboxylic acids is 1. The topological polar surface area (TPSA) is 198 Å². The number of hydrogen-bond donors (Lipinski definition) is 3. The van der Waals surface area contributed by atoms with Crippen LogP contribution >= 0.6 is 7.82 Å². The molecule has 4 N–H and O–H groups in total. The number of rotatable bonds is 38. The van der Waals surface area contributed by atoms with Crippen molar-refractivity contribution in [2.45, 2.75) is 214 Å². The van der Waals surface area contributed by atoms with Crippen LogP contribution in [0.25, 0.3) is 0 Å². The number of carboxylic acid groups (broad SMARTS) is 1. The third-order valence-corrected chi connectivity index (χ3v) is 12.1. The van der Waals surface area contributed by atoms with E-state index in [-0.39, 0.29) is 19.4 Å². The van der Waals surface area contributed by atoms with Crippen LogP contribution in [0.1, 0.15) is 195 Å². The van der Waals surface area contributed by atoms with E-state index in [2.05, 4.69) is 45.2 Å². The molecule has 0 aliphatic carbocycles. The van der Waals surface area contributed by atoms with Crippen molar-refractivity contribution < 1.29 is 56.3 Å². The third-order valence-electron chi connectivity index (χ3n) is 11.2. The number of nitrogens with two attached hydrogens (primary N) is 1. The van der Waals surface area contributed by atoms with Gasteiger partial charge in [0.15, 0.2) is 6.10 Å². The van der Waals surface area contributed by atoms with E-state index in [1.807, 2.05) is 0 Å². The normalized spacial score (nSPS) is 13.6. The smallest absolute Gasteiger partial charge is 0.472 e. The van der Waals surface area contributed by atoms with Gasteiger partial charge in [-0.25, -0.2) is 4.57 Å². The maximum atomic E-state index is 12.7. The van der Waals surface area contributed by atoms with E-state index in [1.165, 1.54) is 36.0 Å². The molecule has 0 saturated heterocycles. The fourth-order valence-electron chi connectivity index (χ4n) is 7.25. The average molecular weight is 882 g/mol. The fraction of sp³-hybridized carbons (Fsp3) is 0.766. The molecule has 0 radical (unpaired) electrons. The Kier molecular flexibility index (Phi) is 28.3. The highest BCUT2D eigenvalue weighted by atomic mass is 31.2. The van der Waals surface area contributed by atoms with Crippen molar-refractivity contribution in [3.05, 3.63) is 45.8 Å². The van der Waals surface area contributed by atoms with Gasteiger partial charge in [-0.3, -0.25) is 23.4 Å². The molecule has 13 nitrogen and oxygen atoms in total. The summed E-state index contributed by atoms with van der Waals surface area (Å²) in [6, 6.07) is 0.628. The lowest BCUT2D eigenvalue weighted by Crippen LogP contribution is -2.34. The second-order valence-electron chi connectivity index (χ2n) is 16.7. The summed E-state index contributed by atoms with van der Waals surface area (Å²) < 4.78 is 45.1. The molecule has 0 bridgehead atoms. The van der Waals surface area contributed by atoms with Crippen molar-refractivity contribution in [3.8, 4) is 0 Å². The summed E-state index contributed by atoms with van der Waals surface area (Å²) in [7, 11) is -4.74. The number of phosphoric ester groups is 1. The minimum atomic E-state index is -4.74. The molecule has 61 heavy (non-hydrogen) atoms. The van der Waals surface area contributed by atoms with E-state index >= 15 is 0 Å². The molecule has 0 aliphatic heterocycles. The van der Waals surface area contributed by atoms with Crippen LogP contribution in [0.4, 0.5) is 0 Å². The van der Waals surface area contributed by atoms with Crippen molar-refractivity contribution in [2.75, 3.05) is 19.8 Å². The first kappa shape index (κ1) is 54.2. The maximum Gasteiger partial charge on any atom is 0.472 e. The number of aryl methyl sites for hydroxylation is 5. The van der Waals surface area contributed by atoms with E-state index in [0.717, 1.165) is 145 Å². The number of aliphatic carboxylic acids is 1. The van der Waals surface area contributed by atoms with Crippen LogP contribution in [-0.4, -0.2) is 59.9 Å². The van der Waals surface area contributed by atoms with Gasteiger partial charge in [-0.2, -0.15) is 0 Å².